The molecule has 4 rings (SSSR count). The summed E-state index contributed by atoms with van der Waals surface area (Å²) in [7, 11) is 1.64. The highest BCUT2D eigenvalue weighted by atomic mass is 16.3. The molecular formula is C23H21N3O3. The Morgan fingerprint density at radius 3 is 2.69 bits per heavy atom. The molecule has 1 aliphatic carbocycles. The lowest BCUT2D eigenvalue weighted by molar-refractivity contribution is 0.0766. The summed E-state index contributed by atoms with van der Waals surface area (Å²) in [4.78, 5) is 30.8. The van der Waals surface area contributed by atoms with Gasteiger partial charge in [0.1, 0.15) is 0 Å². The van der Waals surface area contributed by atoms with Crippen molar-refractivity contribution in [1.29, 1.82) is 5.26 Å². The van der Waals surface area contributed by atoms with Gasteiger partial charge in [0.2, 0.25) is 0 Å². The summed E-state index contributed by atoms with van der Waals surface area (Å²) in [6.07, 6.45) is 0. The molecule has 1 heterocycles. The monoisotopic (exact) mass is 387 g/mol. The Labute approximate surface area is 168 Å². The molecule has 1 aromatic heterocycles. The van der Waals surface area contributed by atoms with Gasteiger partial charge in [-0.05, 0) is 35.9 Å². The predicted molar refractivity (Wildman–Crippen MR) is 109 cm³/mol. The topological polar surface area (TPSA) is 97.2 Å². The molecule has 0 spiro atoms. The SMILES string of the molecule is CN(CCO)C(=O)c1ccc2c(c1)C(C)(C)c1[nH]c3cc(C#N)ccc3c1C2=O. The van der Waals surface area contributed by atoms with Crippen molar-refractivity contribution in [2.45, 2.75) is 19.3 Å². The molecule has 29 heavy (non-hydrogen) atoms. The van der Waals surface area contributed by atoms with Gasteiger partial charge < -0.3 is 15.0 Å². The molecule has 0 radical (unpaired) electrons. The molecule has 0 atom stereocenters. The predicted octanol–water partition coefficient (Wildman–Crippen LogP) is 2.97. The number of aromatic nitrogens is 1. The number of aromatic amines is 1. The Morgan fingerprint density at radius 1 is 1.24 bits per heavy atom. The molecule has 2 aromatic carbocycles. The minimum absolute atomic E-state index is 0.0898. The highest BCUT2D eigenvalue weighted by Gasteiger charge is 2.40. The van der Waals surface area contributed by atoms with E-state index in [0.29, 0.717) is 22.3 Å². The summed E-state index contributed by atoms with van der Waals surface area (Å²) < 4.78 is 0. The summed E-state index contributed by atoms with van der Waals surface area (Å²) >= 11 is 0. The Bertz CT molecular complexity index is 1210. The minimum Gasteiger partial charge on any atom is -0.395 e. The van der Waals surface area contributed by atoms with Crippen LogP contribution in [0.25, 0.3) is 10.9 Å². The van der Waals surface area contributed by atoms with Crippen LogP contribution in [0.5, 0.6) is 0 Å². The normalized spacial score (nSPS) is 14.2. The van der Waals surface area contributed by atoms with Crippen LogP contribution in [-0.2, 0) is 5.41 Å². The lowest BCUT2D eigenvalue weighted by Crippen LogP contribution is -2.32. The van der Waals surface area contributed by atoms with Gasteiger partial charge in [-0.15, -0.1) is 0 Å². The summed E-state index contributed by atoms with van der Waals surface area (Å²) in [5.74, 6) is -0.292. The van der Waals surface area contributed by atoms with Crippen molar-refractivity contribution >= 4 is 22.6 Å². The number of nitrogens with one attached hydrogen (secondary N) is 1. The first kappa shape index (κ1) is 18.9. The van der Waals surface area contributed by atoms with Gasteiger partial charge in [0.25, 0.3) is 5.91 Å². The molecule has 6 heteroatoms. The van der Waals surface area contributed by atoms with Gasteiger partial charge in [0.15, 0.2) is 5.78 Å². The highest BCUT2D eigenvalue weighted by molar-refractivity contribution is 6.20. The maximum atomic E-state index is 13.3. The van der Waals surface area contributed by atoms with Crippen LogP contribution in [-0.4, -0.2) is 46.9 Å². The zero-order chi connectivity index (χ0) is 20.9. The van der Waals surface area contributed by atoms with E-state index >= 15 is 0 Å². The number of hydrogen-bond acceptors (Lipinski definition) is 4. The van der Waals surface area contributed by atoms with Crippen molar-refractivity contribution in [3.05, 3.63) is 69.9 Å². The first-order chi connectivity index (χ1) is 13.8. The van der Waals surface area contributed by atoms with Crippen molar-refractivity contribution in [2.24, 2.45) is 0 Å². The van der Waals surface area contributed by atoms with Crippen molar-refractivity contribution in [3.63, 3.8) is 0 Å². The average Bonchev–Trinajstić information content (AvgIpc) is 3.11. The number of carbonyl (C=O) groups excluding carboxylic acids is 2. The molecule has 146 valence electrons. The standard InChI is InChI=1S/C23H21N3O3/c1-23(2)17-11-14(22(29)26(3)8-9-27)5-7-15(17)20(28)19-16-6-4-13(12-24)10-18(16)25-21(19)23/h4-7,10-11,25,27H,8-9H2,1-3H3. The third-order valence-electron chi connectivity index (χ3n) is 5.75. The van der Waals surface area contributed by atoms with Crippen molar-refractivity contribution in [2.75, 3.05) is 20.2 Å². The van der Waals surface area contributed by atoms with E-state index in [0.717, 1.165) is 22.2 Å². The number of rotatable bonds is 3. The van der Waals surface area contributed by atoms with E-state index in [4.69, 9.17) is 5.11 Å². The maximum absolute atomic E-state index is 13.3. The lowest BCUT2D eigenvalue weighted by atomic mass is 9.71. The average molecular weight is 387 g/mol. The summed E-state index contributed by atoms with van der Waals surface area (Å²) in [6, 6.07) is 12.6. The number of likely N-dealkylation sites (N-methyl/N-ethyl adjacent to an activating group) is 1. The van der Waals surface area contributed by atoms with Crippen molar-refractivity contribution in [3.8, 4) is 6.07 Å². The molecule has 1 aliphatic rings. The zero-order valence-corrected chi connectivity index (χ0v) is 16.5. The number of fused-ring (bicyclic) bond motifs is 4. The zero-order valence-electron chi connectivity index (χ0n) is 16.5. The second-order valence-corrected chi connectivity index (χ2v) is 7.91. The third kappa shape index (κ3) is 2.74. The number of H-pyrrole nitrogens is 1. The Balaban J connectivity index is 1.89. The van der Waals surface area contributed by atoms with Gasteiger partial charge >= 0.3 is 0 Å². The van der Waals surface area contributed by atoms with Crippen LogP contribution >= 0.6 is 0 Å². The van der Waals surface area contributed by atoms with Crippen LogP contribution in [0.15, 0.2) is 36.4 Å². The quantitative estimate of drug-likeness (QED) is 0.722. The van der Waals surface area contributed by atoms with Crippen LogP contribution in [0, 0.1) is 11.3 Å². The number of nitrogens with zero attached hydrogens (tertiary/aromatic N) is 2. The second kappa shape index (κ2) is 6.57. The van der Waals surface area contributed by atoms with Gasteiger partial charge in [-0.1, -0.05) is 19.9 Å². The molecule has 3 aromatic rings. The smallest absolute Gasteiger partial charge is 0.253 e. The molecule has 0 saturated heterocycles. The van der Waals surface area contributed by atoms with Gasteiger partial charge in [-0.3, -0.25) is 9.59 Å². The number of benzene rings is 2. The number of ketones is 1. The van der Waals surface area contributed by atoms with E-state index in [-0.39, 0.29) is 24.8 Å². The number of amides is 1. The van der Waals surface area contributed by atoms with E-state index < -0.39 is 5.41 Å². The number of hydrogen-bond donors (Lipinski definition) is 2. The fourth-order valence-electron chi connectivity index (χ4n) is 4.11. The van der Waals surface area contributed by atoms with Crippen LogP contribution in [0.3, 0.4) is 0 Å². The van der Waals surface area contributed by atoms with Gasteiger partial charge in [0.05, 0.1) is 23.8 Å². The number of carbonyl (C=O) groups is 2. The number of nitriles is 1. The molecule has 0 aliphatic heterocycles. The molecule has 0 unspecified atom stereocenters. The Hall–Kier alpha value is -3.43. The first-order valence-corrected chi connectivity index (χ1v) is 9.41. The third-order valence-corrected chi connectivity index (χ3v) is 5.75. The van der Waals surface area contributed by atoms with Gasteiger partial charge in [-0.2, -0.15) is 5.26 Å². The molecule has 6 nitrogen and oxygen atoms in total. The fourth-order valence-corrected chi connectivity index (χ4v) is 4.11. The van der Waals surface area contributed by atoms with E-state index in [9.17, 15) is 14.9 Å². The lowest BCUT2D eigenvalue weighted by Gasteiger charge is -2.32. The van der Waals surface area contributed by atoms with E-state index in [1.54, 1.807) is 37.4 Å². The molecule has 2 N–H and O–H groups in total. The van der Waals surface area contributed by atoms with Gasteiger partial charge in [-0.25, -0.2) is 0 Å². The summed E-state index contributed by atoms with van der Waals surface area (Å²) in [5.41, 5.74) is 4.00. The minimum atomic E-state index is -0.532. The molecule has 1 amide bonds. The van der Waals surface area contributed by atoms with E-state index in [1.165, 1.54) is 4.90 Å². The van der Waals surface area contributed by atoms with Crippen molar-refractivity contribution in [1.82, 2.24) is 9.88 Å². The molecular weight excluding hydrogens is 366 g/mol. The molecule has 0 fully saturated rings. The maximum Gasteiger partial charge on any atom is 0.253 e. The Morgan fingerprint density at radius 2 is 2.00 bits per heavy atom. The number of aliphatic hydroxyl groups excluding tert-OH is 1. The first-order valence-electron chi connectivity index (χ1n) is 9.41. The van der Waals surface area contributed by atoms with Crippen LogP contribution < -0.4 is 0 Å². The summed E-state index contributed by atoms with van der Waals surface area (Å²) in [6.45, 7) is 4.17. The van der Waals surface area contributed by atoms with Gasteiger partial charge in [0, 0.05) is 46.7 Å². The summed E-state index contributed by atoms with van der Waals surface area (Å²) in [5, 5.41) is 19.1. The largest absolute Gasteiger partial charge is 0.395 e. The number of aliphatic hydroxyl groups is 1. The Kier molecular flexibility index (Phi) is 4.29. The molecule has 0 saturated carbocycles. The van der Waals surface area contributed by atoms with Crippen LogP contribution in [0.4, 0.5) is 0 Å². The second-order valence-electron chi connectivity index (χ2n) is 7.91. The molecule has 0 bridgehead atoms. The van der Waals surface area contributed by atoms with Crippen LogP contribution in [0.1, 0.15) is 56.9 Å². The van der Waals surface area contributed by atoms with E-state index in [2.05, 4.69) is 11.1 Å². The van der Waals surface area contributed by atoms with Crippen molar-refractivity contribution < 1.29 is 14.7 Å². The van der Waals surface area contributed by atoms with E-state index in [1.807, 2.05) is 19.9 Å². The highest BCUT2D eigenvalue weighted by Crippen LogP contribution is 2.44. The fraction of sp³-hybridized carbons (Fsp3) is 0.261. The van der Waals surface area contributed by atoms with Crippen LogP contribution in [0.2, 0.25) is 0 Å².